The molecular formula is C28H35N5O13. The van der Waals surface area contributed by atoms with Gasteiger partial charge in [-0.15, -0.1) is 0 Å². The SMILES string of the molecule is O=C1COC(=O)CNC(=O)COC(=O)C(Cc2ccc(CN3CCOCC3)cc2)NC(=O)COC(=O)CNC(=O)COC(=O)CN1. The summed E-state index contributed by atoms with van der Waals surface area (Å²) >= 11 is 0. The summed E-state index contributed by atoms with van der Waals surface area (Å²) < 4.78 is 24.6. The summed E-state index contributed by atoms with van der Waals surface area (Å²) in [6, 6.07) is 6.02. The number of nitrogens with zero attached hydrogens (tertiary/aromatic N) is 1. The van der Waals surface area contributed by atoms with Gasteiger partial charge in [0, 0.05) is 26.1 Å². The third kappa shape index (κ3) is 13.7. The average Bonchev–Trinajstić information content (AvgIpc) is 3.05. The Morgan fingerprint density at radius 2 is 1.02 bits per heavy atom. The van der Waals surface area contributed by atoms with Gasteiger partial charge in [-0.25, -0.2) is 4.79 Å². The number of rotatable bonds is 4. The van der Waals surface area contributed by atoms with Crippen LogP contribution in [0, 0.1) is 0 Å². The summed E-state index contributed by atoms with van der Waals surface area (Å²) in [6.07, 6.45) is -0.0405. The lowest BCUT2D eigenvalue weighted by Crippen LogP contribution is -2.46. The molecule has 1 aromatic carbocycles. The summed E-state index contributed by atoms with van der Waals surface area (Å²) in [5, 5.41) is 8.79. The van der Waals surface area contributed by atoms with Crippen molar-refractivity contribution in [2.75, 3.05) is 72.4 Å². The molecule has 1 aromatic rings. The monoisotopic (exact) mass is 649 g/mol. The van der Waals surface area contributed by atoms with E-state index in [1.807, 2.05) is 12.1 Å². The normalized spacial score (nSPS) is 21.2. The molecule has 1 atom stereocenters. The van der Waals surface area contributed by atoms with Crippen LogP contribution in [0.15, 0.2) is 24.3 Å². The Bertz CT molecular complexity index is 1280. The number of carbonyl (C=O) groups is 8. The lowest BCUT2D eigenvalue weighted by molar-refractivity contribution is -0.154. The number of carbonyl (C=O) groups excluding carboxylic acids is 8. The molecule has 0 spiro atoms. The molecule has 2 heterocycles. The van der Waals surface area contributed by atoms with E-state index in [2.05, 4.69) is 35.6 Å². The van der Waals surface area contributed by atoms with Crippen LogP contribution in [0.4, 0.5) is 0 Å². The van der Waals surface area contributed by atoms with Crippen LogP contribution in [0.2, 0.25) is 0 Å². The van der Waals surface area contributed by atoms with Crippen molar-refractivity contribution in [3.05, 3.63) is 35.4 Å². The molecule has 4 N–H and O–H groups in total. The number of hydrogen-bond donors (Lipinski definition) is 4. The van der Waals surface area contributed by atoms with Gasteiger partial charge in [0.1, 0.15) is 25.7 Å². The first kappa shape index (κ1) is 35.4. The Hall–Kier alpha value is -5.10. The molecule has 2 aliphatic rings. The zero-order valence-corrected chi connectivity index (χ0v) is 24.8. The van der Waals surface area contributed by atoms with Crippen LogP contribution in [0.5, 0.6) is 0 Å². The van der Waals surface area contributed by atoms with E-state index in [1.165, 1.54) is 0 Å². The quantitative estimate of drug-likeness (QED) is 0.180. The second-order valence-corrected chi connectivity index (χ2v) is 9.95. The molecule has 0 aromatic heterocycles. The second-order valence-electron chi connectivity index (χ2n) is 9.95. The van der Waals surface area contributed by atoms with Crippen LogP contribution in [0.25, 0.3) is 0 Å². The smallest absolute Gasteiger partial charge is 0.329 e. The van der Waals surface area contributed by atoms with Gasteiger partial charge in [0.25, 0.3) is 23.6 Å². The number of esters is 4. The minimum Gasteiger partial charge on any atom is -0.454 e. The largest absolute Gasteiger partial charge is 0.454 e. The third-order valence-corrected chi connectivity index (χ3v) is 6.32. The maximum atomic E-state index is 12.9. The minimum atomic E-state index is -1.30. The highest BCUT2D eigenvalue weighted by molar-refractivity contribution is 5.90. The molecule has 4 amide bonds. The van der Waals surface area contributed by atoms with Crippen LogP contribution in [-0.2, 0) is 75.0 Å². The predicted octanol–water partition coefficient (Wildman–Crippen LogP) is -3.92. The first-order valence-corrected chi connectivity index (χ1v) is 14.2. The molecule has 3 rings (SSSR count). The summed E-state index contributed by atoms with van der Waals surface area (Å²) in [5.41, 5.74) is 1.68. The number of morpholine rings is 1. The van der Waals surface area contributed by atoms with Crippen LogP contribution >= 0.6 is 0 Å². The van der Waals surface area contributed by atoms with E-state index in [-0.39, 0.29) is 6.42 Å². The van der Waals surface area contributed by atoms with Crippen LogP contribution in [0.3, 0.4) is 0 Å². The Labute approximate surface area is 262 Å². The number of ether oxygens (including phenoxy) is 5. The number of benzene rings is 1. The van der Waals surface area contributed by atoms with Crippen molar-refractivity contribution in [1.82, 2.24) is 26.2 Å². The Balaban J connectivity index is 1.63. The first-order valence-electron chi connectivity index (χ1n) is 14.2. The van der Waals surface area contributed by atoms with Gasteiger partial charge >= 0.3 is 23.9 Å². The molecular weight excluding hydrogens is 614 g/mol. The lowest BCUT2D eigenvalue weighted by atomic mass is 10.0. The van der Waals surface area contributed by atoms with Crippen molar-refractivity contribution in [2.45, 2.75) is 19.0 Å². The van der Waals surface area contributed by atoms with Gasteiger partial charge in [0.15, 0.2) is 26.4 Å². The van der Waals surface area contributed by atoms with E-state index in [1.54, 1.807) is 12.1 Å². The third-order valence-electron chi connectivity index (χ3n) is 6.32. The van der Waals surface area contributed by atoms with E-state index in [9.17, 15) is 38.4 Å². The van der Waals surface area contributed by atoms with E-state index in [0.717, 1.165) is 18.7 Å². The molecule has 18 heteroatoms. The molecule has 250 valence electrons. The molecule has 0 aliphatic carbocycles. The van der Waals surface area contributed by atoms with E-state index >= 15 is 0 Å². The molecule has 0 bridgehead atoms. The zero-order chi connectivity index (χ0) is 33.3. The zero-order valence-electron chi connectivity index (χ0n) is 24.8. The fourth-order valence-corrected chi connectivity index (χ4v) is 3.96. The van der Waals surface area contributed by atoms with Gasteiger partial charge in [-0.2, -0.15) is 0 Å². The highest BCUT2D eigenvalue weighted by atomic mass is 16.6. The first-order chi connectivity index (χ1) is 22.1. The fraction of sp³-hybridized carbons (Fsp3) is 0.500. The van der Waals surface area contributed by atoms with E-state index < -0.39 is 99.6 Å². The standard InChI is InChI=1S/C28H35N5O13/c34-21-14-44-26(39)11-31-23(36)16-46-28(41)20(9-18-1-3-19(4-2-18)13-33-5-7-42-8-6-33)32-24(37)17-45-27(40)12-30-22(35)15-43-25(38)10-29-21/h1-4,20H,5-17H2,(H,29,34)(H,30,35)(H,31,36)(H,32,37). The molecule has 0 radical (unpaired) electrons. The summed E-state index contributed by atoms with van der Waals surface area (Å²) in [5.74, 6) is -7.47. The van der Waals surface area contributed by atoms with Crippen molar-refractivity contribution in [3.63, 3.8) is 0 Å². The molecule has 0 saturated carbocycles. The molecule has 46 heavy (non-hydrogen) atoms. The van der Waals surface area contributed by atoms with Crippen LogP contribution in [0.1, 0.15) is 11.1 Å². The lowest BCUT2D eigenvalue weighted by Gasteiger charge is -2.26. The number of hydrogen-bond acceptors (Lipinski definition) is 14. The van der Waals surface area contributed by atoms with Gasteiger partial charge in [-0.1, -0.05) is 24.3 Å². The molecule has 2 aliphatic heterocycles. The Morgan fingerprint density at radius 1 is 0.587 bits per heavy atom. The van der Waals surface area contributed by atoms with Crippen molar-refractivity contribution >= 4 is 47.5 Å². The van der Waals surface area contributed by atoms with E-state index in [0.29, 0.717) is 25.3 Å². The van der Waals surface area contributed by atoms with E-state index in [4.69, 9.17) is 14.2 Å². The highest BCUT2D eigenvalue weighted by Gasteiger charge is 2.25. The molecule has 2 fully saturated rings. The van der Waals surface area contributed by atoms with Crippen molar-refractivity contribution in [2.24, 2.45) is 0 Å². The topological polar surface area (TPSA) is 234 Å². The van der Waals surface area contributed by atoms with Crippen molar-refractivity contribution < 1.29 is 62.0 Å². The van der Waals surface area contributed by atoms with Gasteiger partial charge in [-0.3, -0.25) is 38.5 Å². The number of nitrogens with one attached hydrogen (secondary N) is 4. The molecule has 1 unspecified atom stereocenters. The van der Waals surface area contributed by atoms with Gasteiger partial charge in [0.05, 0.1) is 13.2 Å². The summed E-state index contributed by atoms with van der Waals surface area (Å²) in [6.45, 7) is -1.53. The maximum Gasteiger partial charge on any atom is 0.329 e. The summed E-state index contributed by atoms with van der Waals surface area (Å²) in [7, 11) is 0. The molecule has 18 nitrogen and oxygen atoms in total. The molecule has 2 saturated heterocycles. The van der Waals surface area contributed by atoms with Gasteiger partial charge in [-0.05, 0) is 11.1 Å². The van der Waals surface area contributed by atoms with Crippen molar-refractivity contribution in [3.8, 4) is 0 Å². The highest BCUT2D eigenvalue weighted by Crippen LogP contribution is 2.11. The van der Waals surface area contributed by atoms with Crippen LogP contribution < -0.4 is 21.3 Å². The van der Waals surface area contributed by atoms with Crippen molar-refractivity contribution in [1.29, 1.82) is 0 Å². The maximum absolute atomic E-state index is 12.9. The second kappa shape index (κ2) is 18.6. The number of cyclic esters (lactones) is 4. The summed E-state index contributed by atoms with van der Waals surface area (Å²) in [4.78, 5) is 99.0. The fourth-order valence-electron chi connectivity index (χ4n) is 3.96. The van der Waals surface area contributed by atoms with Crippen LogP contribution in [-0.4, -0.2) is 131 Å². The van der Waals surface area contributed by atoms with Gasteiger partial charge in [0.2, 0.25) is 0 Å². The Morgan fingerprint density at radius 3 is 1.52 bits per heavy atom. The Kier molecular flexibility index (Phi) is 14.3. The predicted molar refractivity (Wildman–Crippen MR) is 151 cm³/mol. The minimum absolute atomic E-state index is 0.0405. The number of amides is 4. The van der Waals surface area contributed by atoms with Gasteiger partial charge < -0.3 is 45.0 Å². The average molecular weight is 650 g/mol.